The Morgan fingerprint density at radius 2 is 2.08 bits per heavy atom. The van der Waals surface area contributed by atoms with Gasteiger partial charge >= 0.3 is 0 Å². The molecular weight excluding hydrogens is 494 g/mol. The van der Waals surface area contributed by atoms with Crippen LogP contribution in [0.25, 0.3) is 16.0 Å². The number of carbonyl (C=O) groups is 1. The maximum atomic E-state index is 13.2. The fourth-order valence-corrected chi connectivity index (χ4v) is 6.00. The van der Waals surface area contributed by atoms with Crippen LogP contribution in [0.2, 0.25) is 0 Å². The van der Waals surface area contributed by atoms with Crippen LogP contribution in [0.4, 0.5) is 5.82 Å². The molecule has 37 heavy (non-hydrogen) atoms. The van der Waals surface area contributed by atoms with Gasteiger partial charge in [-0.15, -0.1) is 4.98 Å². The number of aromatic nitrogens is 3. The quantitative estimate of drug-likeness (QED) is 0.453. The van der Waals surface area contributed by atoms with Crippen molar-refractivity contribution >= 4 is 21.7 Å². The lowest BCUT2D eigenvalue weighted by Gasteiger charge is -2.39. The zero-order valence-corrected chi connectivity index (χ0v) is 21.5. The smallest absolute Gasteiger partial charge is 0.283 e. The molecule has 0 saturated carbocycles. The Kier molecular flexibility index (Phi) is 6.58. The molecule has 11 heteroatoms. The van der Waals surface area contributed by atoms with Gasteiger partial charge in [-0.3, -0.25) is 9.48 Å². The molecule has 10 nitrogen and oxygen atoms in total. The molecule has 3 heterocycles. The van der Waals surface area contributed by atoms with E-state index in [2.05, 4.69) is 19.6 Å². The minimum absolute atomic E-state index is 0.120. The van der Waals surface area contributed by atoms with Crippen LogP contribution in [-0.2, 0) is 55.7 Å². The number of hydrogen-bond donors (Lipinski definition) is 1. The number of sulfonamides is 1. The molecule has 0 atom stereocenters. The summed E-state index contributed by atoms with van der Waals surface area (Å²) >= 11 is 0. The first-order valence-corrected chi connectivity index (χ1v) is 13.5. The third-order valence-electron chi connectivity index (χ3n) is 7.02. The summed E-state index contributed by atoms with van der Waals surface area (Å²) in [7, 11) is -2.68. The number of rotatable bonds is 8. The zero-order valence-electron chi connectivity index (χ0n) is 20.7. The van der Waals surface area contributed by atoms with Gasteiger partial charge in [0, 0.05) is 19.7 Å². The molecule has 5 rings (SSSR count). The van der Waals surface area contributed by atoms with Gasteiger partial charge in [-0.2, -0.15) is 13.5 Å². The number of amides is 1. The molecule has 0 spiro atoms. The van der Waals surface area contributed by atoms with Crippen molar-refractivity contribution in [1.82, 2.24) is 19.5 Å². The monoisotopic (exact) mass is 521 g/mol. The van der Waals surface area contributed by atoms with Gasteiger partial charge in [0.2, 0.25) is 5.91 Å². The van der Waals surface area contributed by atoms with Crippen molar-refractivity contribution in [1.29, 1.82) is 0 Å². The molecule has 1 aromatic carbocycles. The number of hydrogen-bond acceptors (Lipinski definition) is 7. The number of methoxy groups -OCH3 is 1. The third-order valence-corrected chi connectivity index (χ3v) is 8.26. The standard InChI is InChI=1S/C26H27N5O5S/c1-4-31-22(26(35-3)15-36-16-26)14-25(29-31)37(33,34)30-24(32)13-21-19-7-5-6-17(19)8-9-20(21)18-10-11-28-23(12-18)27-2/h8-12,14H,4-7,13,15-16H2,1,3H3,(H,30,32). The van der Waals surface area contributed by atoms with Gasteiger partial charge in [-0.1, -0.05) is 18.7 Å². The first-order valence-electron chi connectivity index (χ1n) is 12.0. The van der Waals surface area contributed by atoms with E-state index in [0.717, 1.165) is 47.1 Å². The van der Waals surface area contributed by atoms with Crippen molar-refractivity contribution in [2.75, 3.05) is 20.3 Å². The summed E-state index contributed by atoms with van der Waals surface area (Å²) < 4.78 is 41.1. The van der Waals surface area contributed by atoms with E-state index in [1.165, 1.54) is 6.07 Å². The van der Waals surface area contributed by atoms with Crippen molar-refractivity contribution in [3.63, 3.8) is 0 Å². The summed E-state index contributed by atoms with van der Waals surface area (Å²) in [6.07, 6.45) is 4.13. The molecule has 2 aromatic heterocycles. The molecular formula is C26H27N5O5S. The van der Waals surface area contributed by atoms with Gasteiger partial charge in [0.05, 0.1) is 25.3 Å². The summed E-state index contributed by atoms with van der Waals surface area (Å²) in [5, 5.41) is 4.00. The summed E-state index contributed by atoms with van der Waals surface area (Å²) in [5.74, 6) is -0.397. The maximum absolute atomic E-state index is 13.2. The number of nitrogens with zero attached hydrogens (tertiary/aromatic N) is 4. The van der Waals surface area contributed by atoms with Crippen molar-refractivity contribution in [2.24, 2.45) is 0 Å². The number of aryl methyl sites for hydroxylation is 2. The average Bonchev–Trinajstić information content (AvgIpc) is 3.52. The Balaban J connectivity index is 1.44. The summed E-state index contributed by atoms with van der Waals surface area (Å²) in [6.45, 7) is 10.2. The molecule has 2 aliphatic rings. The SMILES string of the molecule is [C-]#[N+]c1cc(-c2ccc3c(c2CC(=O)NS(=O)(=O)c2cc(C4(OC)COC4)n(CC)n2)CCC3)ccn1. The highest BCUT2D eigenvalue weighted by Crippen LogP contribution is 2.36. The van der Waals surface area contributed by atoms with Crippen LogP contribution < -0.4 is 4.72 Å². The van der Waals surface area contributed by atoms with Crippen LogP contribution in [-0.4, -0.2) is 49.4 Å². The second kappa shape index (κ2) is 9.70. The minimum atomic E-state index is -4.22. The van der Waals surface area contributed by atoms with Crippen LogP contribution in [0.1, 0.15) is 35.7 Å². The highest BCUT2D eigenvalue weighted by molar-refractivity contribution is 7.90. The van der Waals surface area contributed by atoms with E-state index < -0.39 is 21.5 Å². The molecule has 0 bridgehead atoms. The van der Waals surface area contributed by atoms with Crippen LogP contribution >= 0.6 is 0 Å². The zero-order chi connectivity index (χ0) is 26.2. The lowest BCUT2D eigenvalue weighted by atomic mass is 9.91. The molecule has 1 saturated heterocycles. The van der Waals surface area contributed by atoms with Crippen molar-refractivity contribution in [3.05, 3.63) is 70.3 Å². The normalized spacial score (nSPS) is 16.0. The summed E-state index contributed by atoms with van der Waals surface area (Å²) in [5.41, 5.74) is 4.39. The van der Waals surface area contributed by atoms with Crippen LogP contribution in [0.5, 0.6) is 0 Å². The molecule has 192 valence electrons. The van der Waals surface area contributed by atoms with Crippen LogP contribution in [0, 0.1) is 6.57 Å². The largest absolute Gasteiger partial charge is 0.374 e. The van der Waals surface area contributed by atoms with Gasteiger partial charge in [0.25, 0.3) is 15.8 Å². The van der Waals surface area contributed by atoms with E-state index in [0.29, 0.717) is 25.5 Å². The van der Waals surface area contributed by atoms with Gasteiger partial charge in [0.1, 0.15) is 6.20 Å². The molecule has 3 aromatic rings. The highest BCUT2D eigenvalue weighted by atomic mass is 32.2. The molecule has 0 unspecified atom stereocenters. The Bertz CT molecular complexity index is 1510. The molecule has 1 fully saturated rings. The summed E-state index contributed by atoms with van der Waals surface area (Å²) in [6, 6.07) is 8.89. The summed E-state index contributed by atoms with van der Waals surface area (Å²) in [4.78, 5) is 20.6. The predicted molar refractivity (Wildman–Crippen MR) is 134 cm³/mol. The second-order valence-electron chi connectivity index (χ2n) is 9.18. The van der Waals surface area contributed by atoms with Crippen molar-refractivity contribution in [2.45, 2.75) is 49.8 Å². The van der Waals surface area contributed by atoms with Gasteiger partial charge in [-0.25, -0.2) is 4.72 Å². The number of nitrogens with one attached hydrogen (secondary N) is 1. The van der Waals surface area contributed by atoms with Crippen molar-refractivity contribution < 1.29 is 22.7 Å². The molecule has 0 radical (unpaired) electrons. The lowest BCUT2D eigenvalue weighted by Crippen LogP contribution is -2.49. The fraction of sp³-hybridized carbons (Fsp3) is 0.385. The Morgan fingerprint density at radius 3 is 2.76 bits per heavy atom. The number of pyridine rings is 1. The Hall–Kier alpha value is -3.59. The molecule has 1 amide bonds. The van der Waals surface area contributed by atoms with Gasteiger partial charge in [-0.05, 0) is 66.1 Å². The number of ether oxygens (including phenoxy) is 2. The lowest BCUT2D eigenvalue weighted by molar-refractivity contribution is -0.206. The first kappa shape index (κ1) is 25.1. The number of fused-ring (bicyclic) bond motifs is 1. The average molecular weight is 522 g/mol. The van der Waals surface area contributed by atoms with Gasteiger partial charge < -0.3 is 14.3 Å². The van der Waals surface area contributed by atoms with E-state index in [1.54, 1.807) is 30.1 Å². The Labute approximate surface area is 215 Å². The van der Waals surface area contributed by atoms with Gasteiger partial charge in [0.15, 0.2) is 10.6 Å². The van der Waals surface area contributed by atoms with Crippen molar-refractivity contribution in [3.8, 4) is 11.1 Å². The van der Waals surface area contributed by atoms with E-state index in [4.69, 9.17) is 16.0 Å². The van der Waals surface area contributed by atoms with Crippen LogP contribution in [0.3, 0.4) is 0 Å². The molecule has 1 aliphatic carbocycles. The van der Waals surface area contributed by atoms with E-state index in [-0.39, 0.29) is 17.3 Å². The van der Waals surface area contributed by atoms with Crippen LogP contribution in [0.15, 0.2) is 41.6 Å². The number of carbonyl (C=O) groups excluding carboxylic acids is 1. The third kappa shape index (κ3) is 4.52. The minimum Gasteiger partial charge on any atom is -0.374 e. The fourth-order valence-electron chi connectivity index (χ4n) is 5.05. The first-order chi connectivity index (χ1) is 17.8. The Morgan fingerprint density at radius 1 is 1.27 bits per heavy atom. The topological polar surface area (TPSA) is 117 Å². The van der Waals surface area contributed by atoms with E-state index in [9.17, 15) is 13.2 Å². The highest BCUT2D eigenvalue weighted by Gasteiger charge is 2.44. The van der Waals surface area contributed by atoms with E-state index in [1.807, 2.05) is 19.1 Å². The van der Waals surface area contributed by atoms with E-state index >= 15 is 0 Å². The second-order valence-corrected chi connectivity index (χ2v) is 10.8. The molecule has 1 aliphatic heterocycles. The molecule has 1 N–H and O–H groups in total. The maximum Gasteiger partial charge on any atom is 0.283 e. The predicted octanol–water partition coefficient (Wildman–Crippen LogP) is 2.92. The number of benzene rings is 1.